The fourth-order valence-electron chi connectivity index (χ4n) is 8.49. The van der Waals surface area contributed by atoms with Crippen molar-refractivity contribution in [1.82, 2.24) is 0 Å². The Labute approximate surface area is 387 Å². The molecule has 0 amide bonds. The van der Waals surface area contributed by atoms with Crippen LogP contribution in [0.4, 0.5) is 0 Å². The highest BCUT2D eigenvalue weighted by Gasteiger charge is 2.16. The van der Waals surface area contributed by atoms with E-state index >= 15 is 0 Å². The molecule has 0 aliphatic carbocycles. The van der Waals surface area contributed by atoms with Crippen molar-refractivity contribution in [2.75, 3.05) is 13.2 Å². The molecule has 0 heterocycles. The molecule has 0 fully saturated rings. The van der Waals surface area contributed by atoms with Crippen LogP contribution >= 0.6 is 0 Å². The number of rotatable bonds is 52. The highest BCUT2D eigenvalue weighted by Crippen LogP contribution is 2.17. The van der Waals surface area contributed by atoms with Crippen LogP contribution in [0.25, 0.3) is 0 Å². The number of esters is 2. The molecule has 0 saturated carbocycles. The van der Waals surface area contributed by atoms with E-state index in [9.17, 15) is 14.7 Å². The number of carbonyl (C=O) groups excluding carboxylic acids is 2. The van der Waals surface area contributed by atoms with Crippen LogP contribution in [0.3, 0.4) is 0 Å². The summed E-state index contributed by atoms with van der Waals surface area (Å²) in [6.07, 6.45) is 67.2. The molecule has 0 aromatic rings. The zero-order valence-corrected chi connectivity index (χ0v) is 41.9. The van der Waals surface area contributed by atoms with Gasteiger partial charge in [0.25, 0.3) is 0 Å². The molecule has 5 heteroatoms. The number of hydrogen-bond acceptors (Lipinski definition) is 5. The van der Waals surface area contributed by atoms with Gasteiger partial charge in [-0.05, 0) is 64.2 Å². The van der Waals surface area contributed by atoms with Crippen molar-refractivity contribution >= 4 is 11.9 Å². The van der Waals surface area contributed by atoms with Gasteiger partial charge in [-0.25, -0.2) is 0 Å². The average molecular weight is 873 g/mol. The van der Waals surface area contributed by atoms with Crippen LogP contribution in [0.2, 0.25) is 0 Å². The summed E-state index contributed by atoms with van der Waals surface area (Å²) in [5, 5.41) is 9.65. The van der Waals surface area contributed by atoms with Gasteiger partial charge in [0.1, 0.15) is 6.61 Å². The topological polar surface area (TPSA) is 72.8 Å². The van der Waals surface area contributed by atoms with Gasteiger partial charge in [-0.2, -0.15) is 0 Å². The molecule has 0 bridgehead atoms. The SMILES string of the molecule is CCCCCCCCCC/C=C\CCCCCCCCCCCCCCCC(=O)OC(CO)COC(=O)CCCCCCCCCCCCC/C=C\CCCCCCCCCC. The van der Waals surface area contributed by atoms with Crippen LogP contribution in [-0.2, 0) is 19.1 Å². The summed E-state index contributed by atoms with van der Waals surface area (Å²) in [7, 11) is 0. The normalized spacial score (nSPS) is 12.2. The Morgan fingerprint density at radius 1 is 0.355 bits per heavy atom. The maximum absolute atomic E-state index is 12.3. The number of allylic oxidation sites excluding steroid dienone is 4. The van der Waals surface area contributed by atoms with E-state index in [0.717, 1.165) is 38.5 Å². The van der Waals surface area contributed by atoms with Crippen molar-refractivity contribution in [2.45, 2.75) is 315 Å². The summed E-state index contributed by atoms with van der Waals surface area (Å²) in [6, 6.07) is 0. The minimum Gasteiger partial charge on any atom is -0.462 e. The van der Waals surface area contributed by atoms with Crippen molar-refractivity contribution in [1.29, 1.82) is 0 Å². The summed E-state index contributed by atoms with van der Waals surface area (Å²) in [6.45, 7) is 4.18. The van der Waals surface area contributed by atoms with Crippen LogP contribution < -0.4 is 0 Å². The first-order valence-corrected chi connectivity index (χ1v) is 27.9. The van der Waals surface area contributed by atoms with E-state index in [1.54, 1.807) is 0 Å². The van der Waals surface area contributed by atoms with Gasteiger partial charge in [-0.15, -0.1) is 0 Å². The predicted octanol–water partition coefficient (Wildman–Crippen LogP) is 18.5. The first kappa shape index (κ1) is 60.4. The molecule has 0 aliphatic heterocycles. The quantitative estimate of drug-likeness (QED) is 0.0374. The Kier molecular flexibility index (Phi) is 52.3. The number of carbonyl (C=O) groups is 2. The lowest BCUT2D eigenvalue weighted by Crippen LogP contribution is -2.28. The highest BCUT2D eigenvalue weighted by molar-refractivity contribution is 5.70. The van der Waals surface area contributed by atoms with Gasteiger partial charge in [0.2, 0.25) is 0 Å². The second-order valence-electron chi connectivity index (χ2n) is 19.0. The molecule has 0 rings (SSSR count). The molecular formula is C57H108O5. The number of unbranched alkanes of at least 4 members (excludes halogenated alkanes) is 40. The van der Waals surface area contributed by atoms with Gasteiger partial charge in [0, 0.05) is 12.8 Å². The summed E-state index contributed by atoms with van der Waals surface area (Å²) in [5.41, 5.74) is 0. The third-order valence-electron chi connectivity index (χ3n) is 12.7. The zero-order chi connectivity index (χ0) is 44.9. The minimum atomic E-state index is -0.769. The van der Waals surface area contributed by atoms with Gasteiger partial charge in [-0.1, -0.05) is 256 Å². The van der Waals surface area contributed by atoms with Gasteiger partial charge in [0.05, 0.1) is 6.61 Å². The average Bonchev–Trinajstić information content (AvgIpc) is 3.28. The Bertz CT molecular complexity index is 943. The molecule has 0 saturated heterocycles. The monoisotopic (exact) mass is 873 g/mol. The molecule has 1 atom stereocenters. The Morgan fingerprint density at radius 3 is 0.871 bits per heavy atom. The first-order chi connectivity index (χ1) is 30.6. The molecule has 0 aliphatic rings. The lowest BCUT2D eigenvalue weighted by molar-refractivity contribution is -0.161. The van der Waals surface area contributed by atoms with E-state index in [-0.39, 0.29) is 25.2 Å². The Hall–Kier alpha value is -1.62. The number of aliphatic hydroxyl groups is 1. The molecule has 1 N–H and O–H groups in total. The minimum absolute atomic E-state index is 0.0613. The van der Waals surface area contributed by atoms with Crippen molar-refractivity contribution in [3.05, 3.63) is 24.3 Å². The van der Waals surface area contributed by atoms with E-state index in [1.165, 1.54) is 244 Å². The summed E-state index contributed by atoms with van der Waals surface area (Å²) in [4.78, 5) is 24.5. The van der Waals surface area contributed by atoms with E-state index in [4.69, 9.17) is 9.47 Å². The molecule has 5 nitrogen and oxygen atoms in total. The summed E-state index contributed by atoms with van der Waals surface area (Å²) in [5.74, 6) is -0.575. The van der Waals surface area contributed by atoms with Crippen molar-refractivity contribution in [3.8, 4) is 0 Å². The lowest BCUT2D eigenvalue weighted by atomic mass is 10.0. The van der Waals surface area contributed by atoms with Gasteiger partial charge < -0.3 is 14.6 Å². The molecule has 1 unspecified atom stereocenters. The summed E-state index contributed by atoms with van der Waals surface area (Å²) >= 11 is 0. The predicted molar refractivity (Wildman–Crippen MR) is 270 cm³/mol. The van der Waals surface area contributed by atoms with Gasteiger partial charge in [0.15, 0.2) is 6.10 Å². The fourth-order valence-corrected chi connectivity index (χ4v) is 8.49. The van der Waals surface area contributed by atoms with E-state index in [2.05, 4.69) is 38.2 Å². The molecule has 62 heavy (non-hydrogen) atoms. The largest absolute Gasteiger partial charge is 0.462 e. The number of aliphatic hydroxyl groups excluding tert-OH is 1. The van der Waals surface area contributed by atoms with Crippen molar-refractivity contribution < 1.29 is 24.2 Å². The second-order valence-corrected chi connectivity index (χ2v) is 19.0. The van der Waals surface area contributed by atoms with Crippen LogP contribution in [0.15, 0.2) is 24.3 Å². The van der Waals surface area contributed by atoms with Crippen LogP contribution in [-0.4, -0.2) is 36.4 Å². The van der Waals surface area contributed by atoms with Crippen molar-refractivity contribution in [2.24, 2.45) is 0 Å². The maximum Gasteiger partial charge on any atom is 0.306 e. The smallest absolute Gasteiger partial charge is 0.306 e. The fraction of sp³-hybridized carbons (Fsp3) is 0.895. The number of ether oxygens (including phenoxy) is 2. The molecule has 0 radical (unpaired) electrons. The van der Waals surface area contributed by atoms with Crippen LogP contribution in [0.5, 0.6) is 0 Å². The Morgan fingerprint density at radius 2 is 0.597 bits per heavy atom. The maximum atomic E-state index is 12.3. The van der Waals surface area contributed by atoms with Crippen LogP contribution in [0.1, 0.15) is 309 Å². The molecular weight excluding hydrogens is 765 g/mol. The zero-order valence-electron chi connectivity index (χ0n) is 41.9. The molecule has 366 valence electrons. The molecule has 0 spiro atoms. The lowest BCUT2D eigenvalue weighted by Gasteiger charge is -2.15. The van der Waals surface area contributed by atoms with E-state index in [1.807, 2.05) is 0 Å². The van der Waals surface area contributed by atoms with Gasteiger partial charge in [-0.3, -0.25) is 9.59 Å². The van der Waals surface area contributed by atoms with Gasteiger partial charge >= 0.3 is 11.9 Å². The van der Waals surface area contributed by atoms with E-state index in [0.29, 0.717) is 12.8 Å². The third kappa shape index (κ3) is 51.0. The first-order valence-electron chi connectivity index (χ1n) is 27.9. The molecule has 0 aromatic heterocycles. The van der Waals surface area contributed by atoms with E-state index < -0.39 is 6.10 Å². The van der Waals surface area contributed by atoms with Crippen molar-refractivity contribution in [3.63, 3.8) is 0 Å². The standard InChI is InChI=1S/C57H108O5/c1-3-5-7-9-11-13-15-17-19-21-23-25-27-28-30-32-34-36-38-40-42-44-46-48-50-52-57(60)62-55(53-58)54-61-56(59)51-49-47-45-43-41-39-37-35-33-31-29-26-24-22-20-18-16-14-12-10-8-6-4-2/h21-24,55,58H,3-20,25-54H2,1-2H3/b23-21-,24-22-. The Balaban J connectivity index is 3.44. The second kappa shape index (κ2) is 53.7. The number of hydrogen-bond donors (Lipinski definition) is 1. The molecule has 0 aromatic carbocycles. The van der Waals surface area contributed by atoms with Crippen LogP contribution in [0, 0.1) is 0 Å². The summed E-state index contributed by atoms with van der Waals surface area (Å²) < 4.78 is 10.7. The highest BCUT2D eigenvalue weighted by atomic mass is 16.6. The third-order valence-corrected chi connectivity index (χ3v) is 12.7.